The standard InChI is InChI=1S/C18H21FN2O3S/c1-4-13(3)20-18(22)14-6-5-7-15(10-14)21-25(23,24)16-9-8-12(2)17(19)11-16/h5-11,13,21H,4H2,1-3H3,(H,20,22). The number of halogens is 1. The number of nitrogens with one attached hydrogen (secondary N) is 2. The number of sulfonamides is 1. The topological polar surface area (TPSA) is 75.3 Å². The summed E-state index contributed by atoms with van der Waals surface area (Å²) in [6, 6.07) is 9.88. The van der Waals surface area contributed by atoms with Gasteiger partial charge in [0.25, 0.3) is 15.9 Å². The second kappa shape index (κ2) is 7.65. The van der Waals surface area contributed by atoms with Crippen molar-refractivity contribution < 1.29 is 17.6 Å². The molecule has 1 atom stereocenters. The number of aryl methyl sites for hydroxylation is 1. The molecule has 0 aromatic heterocycles. The molecule has 0 radical (unpaired) electrons. The van der Waals surface area contributed by atoms with Crippen molar-refractivity contribution in [3.8, 4) is 0 Å². The van der Waals surface area contributed by atoms with Crippen LogP contribution in [0.4, 0.5) is 10.1 Å². The van der Waals surface area contributed by atoms with Crippen molar-refractivity contribution in [1.29, 1.82) is 0 Å². The van der Waals surface area contributed by atoms with E-state index in [1.807, 2.05) is 13.8 Å². The number of hydrogen-bond donors (Lipinski definition) is 2. The Morgan fingerprint density at radius 2 is 1.92 bits per heavy atom. The third kappa shape index (κ3) is 4.79. The summed E-state index contributed by atoms with van der Waals surface area (Å²) in [7, 11) is -3.94. The molecule has 2 N–H and O–H groups in total. The minimum Gasteiger partial charge on any atom is -0.350 e. The van der Waals surface area contributed by atoms with E-state index in [-0.39, 0.29) is 22.5 Å². The highest BCUT2D eigenvalue weighted by atomic mass is 32.2. The quantitative estimate of drug-likeness (QED) is 0.824. The lowest BCUT2D eigenvalue weighted by Gasteiger charge is -2.13. The molecular formula is C18H21FN2O3S. The monoisotopic (exact) mass is 364 g/mol. The van der Waals surface area contributed by atoms with Crippen LogP contribution in [0.15, 0.2) is 47.4 Å². The number of benzene rings is 2. The molecular weight excluding hydrogens is 343 g/mol. The maximum Gasteiger partial charge on any atom is 0.261 e. The van der Waals surface area contributed by atoms with Crippen molar-refractivity contribution in [1.82, 2.24) is 5.32 Å². The van der Waals surface area contributed by atoms with Gasteiger partial charge in [0.15, 0.2) is 0 Å². The molecule has 0 aliphatic carbocycles. The fraction of sp³-hybridized carbons (Fsp3) is 0.278. The lowest BCUT2D eigenvalue weighted by molar-refractivity contribution is 0.0939. The number of amides is 1. The zero-order chi connectivity index (χ0) is 18.6. The predicted octanol–water partition coefficient (Wildman–Crippen LogP) is 3.46. The van der Waals surface area contributed by atoms with Gasteiger partial charge in [-0.05, 0) is 56.2 Å². The zero-order valence-electron chi connectivity index (χ0n) is 14.3. The maximum absolute atomic E-state index is 13.6. The minimum absolute atomic E-state index is 0.0170. The second-order valence-electron chi connectivity index (χ2n) is 5.88. The van der Waals surface area contributed by atoms with Crippen LogP contribution in [-0.4, -0.2) is 20.4 Å². The van der Waals surface area contributed by atoms with Crippen molar-refractivity contribution in [2.75, 3.05) is 4.72 Å². The van der Waals surface area contributed by atoms with E-state index >= 15 is 0 Å². The largest absolute Gasteiger partial charge is 0.350 e. The van der Waals surface area contributed by atoms with Gasteiger partial charge in [0.1, 0.15) is 5.82 Å². The van der Waals surface area contributed by atoms with Crippen LogP contribution in [0, 0.1) is 12.7 Å². The zero-order valence-corrected chi connectivity index (χ0v) is 15.2. The van der Waals surface area contributed by atoms with Gasteiger partial charge in [-0.15, -0.1) is 0 Å². The number of anilines is 1. The first-order valence-electron chi connectivity index (χ1n) is 7.93. The van der Waals surface area contributed by atoms with Gasteiger partial charge < -0.3 is 5.32 Å². The van der Waals surface area contributed by atoms with Gasteiger partial charge >= 0.3 is 0 Å². The van der Waals surface area contributed by atoms with Gasteiger partial charge in [-0.3, -0.25) is 9.52 Å². The summed E-state index contributed by atoms with van der Waals surface area (Å²) in [6.07, 6.45) is 0.789. The molecule has 2 rings (SSSR count). The Morgan fingerprint density at radius 1 is 1.20 bits per heavy atom. The Kier molecular flexibility index (Phi) is 5.79. The SMILES string of the molecule is CCC(C)NC(=O)c1cccc(NS(=O)(=O)c2ccc(C)c(F)c2)c1. The van der Waals surface area contributed by atoms with Gasteiger partial charge in [-0.1, -0.05) is 19.1 Å². The molecule has 0 spiro atoms. The van der Waals surface area contributed by atoms with Gasteiger partial charge in [-0.2, -0.15) is 0 Å². The molecule has 0 saturated heterocycles. The van der Waals surface area contributed by atoms with E-state index in [2.05, 4.69) is 10.0 Å². The molecule has 0 aliphatic heterocycles. The molecule has 0 heterocycles. The van der Waals surface area contributed by atoms with Crippen molar-refractivity contribution >= 4 is 21.6 Å². The molecule has 5 nitrogen and oxygen atoms in total. The molecule has 7 heteroatoms. The molecule has 0 saturated carbocycles. The molecule has 2 aromatic carbocycles. The van der Waals surface area contributed by atoms with E-state index in [1.165, 1.54) is 24.3 Å². The van der Waals surface area contributed by atoms with E-state index in [9.17, 15) is 17.6 Å². The maximum atomic E-state index is 13.6. The minimum atomic E-state index is -3.94. The van der Waals surface area contributed by atoms with Crippen molar-refractivity contribution in [2.24, 2.45) is 0 Å². The number of hydrogen-bond acceptors (Lipinski definition) is 3. The van der Waals surface area contributed by atoms with Crippen LogP contribution in [0.5, 0.6) is 0 Å². The van der Waals surface area contributed by atoms with Crippen LogP contribution in [0.25, 0.3) is 0 Å². The second-order valence-corrected chi connectivity index (χ2v) is 7.56. The summed E-state index contributed by atoms with van der Waals surface area (Å²) < 4.78 is 40.8. The first kappa shape index (κ1) is 18.9. The Hall–Kier alpha value is -2.41. The highest BCUT2D eigenvalue weighted by Crippen LogP contribution is 2.19. The highest BCUT2D eigenvalue weighted by molar-refractivity contribution is 7.92. The first-order chi connectivity index (χ1) is 11.7. The van der Waals surface area contributed by atoms with Crippen LogP contribution in [0.2, 0.25) is 0 Å². The summed E-state index contributed by atoms with van der Waals surface area (Å²) in [6.45, 7) is 5.39. The van der Waals surface area contributed by atoms with Crippen molar-refractivity contribution in [2.45, 2.75) is 38.1 Å². The Bertz CT molecular complexity index is 882. The fourth-order valence-corrected chi connectivity index (χ4v) is 3.15. The van der Waals surface area contributed by atoms with E-state index in [1.54, 1.807) is 19.1 Å². The smallest absolute Gasteiger partial charge is 0.261 e. The first-order valence-corrected chi connectivity index (χ1v) is 9.41. The Labute approximate surface area is 147 Å². The number of carbonyl (C=O) groups is 1. The van der Waals surface area contributed by atoms with Crippen LogP contribution >= 0.6 is 0 Å². The van der Waals surface area contributed by atoms with E-state index in [4.69, 9.17) is 0 Å². The Balaban J connectivity index is 2.23. The third-order valence-corrected chi connectivity index (χ3v) is 5.20. The lowest BCUT2D eigenvalue weighted by Crippen LogP contribution is -2.31. The third-order valence-electron chi connectivity index (χ3n) is 3.82. The lowest BCUT2D eigenvalue weighted by atomic mass is 10.1. The summed E-state index contributed by atoms with van der Waals surface area (Å²) >= 11 is 0. The van der Waals surface area contributed by atoms with Crippen LogP contribution in [0.3, 0.4) is 0 Å². The molecule has 0 aliphatic rings. The van der Waals surface area contributed by atoms with Gasteiger partial charge in [0.05, 0.1) is 4.90 Å². The average Bonchev–Trinajstić information content (AvgIpc) is 2.56. The molecule has 25 heavy (non-hydrogen) atoms. The van der Waals surface area contributed by atoms with Crippen molar-refractivity contribution in [3.63, 3.8) is 0 Å². The predicted molar refractivity (Wildman–Crippen MR) is 95.6 cm³/mol. The molecule has 0 fully saturated rings. The molecule has 1 amide bonds. The molecule has 0 bridgehead atoms. The van der Waals surface area contributed by atoms with E-state index in [0.717, 1.165) is 12.5 Å². The molecule has 1 unspecified atom stereocenters. The van der Waals surface area contributed by atoms with Gasteiger partial charge in [-0.25, -0.2) is 12.8 Å². The average molecular weight is 364 g/mol. The molecule has 2 aromatic rings. The summed E-state index contributed by atoms with van der Waals surface area (Å²) in [5, 5.41) is 2.82. The Morgan fingerprint density at radius 3 is 2.56 bits per heavy atom. The van der Waals surface area contributed by atoms with Crippen LogP contribution < -0.4 is 10.0 Å². The van der Waals surface area contributed by atoms with Gasteiger partial charge in [0, 0.05) is 17.3 Å². The fourth-order valence-electron chi connectivity index (χ4n) is 2.09. The number of carbonyl (C=O) groups excluding carboxylic acids is 1. The van der Waals surface area contributed by atoms with E-state index < -0.39 is 15.8 Å². The van der Waals surface area contributed by atoms with Crippen molar-refractivity contribution in [3.05, 3.63) is 59.4 Å². The van der Waals surface area contributed by atoms with Gasteiger partial charge in [0.2, 0.25) is 0 Å². The number of rotatable bonds is 6. The van der Waals surface area contributed by atoms with Crippen LogP contribution in [-0.2, 0) is 10.0 Å². The van der Waals surface area contributed by atoms with Crippen LogP contribution in [0.1, 0.15) is 36.2 Å². The molecule has 134 valence electrons. The van der Waals surface area contributed by atoms with E-state index in [0.29, 0.717) is 11.1 Å². The highest BCUT2D eigenvalue weighted by Gasteiger charge is 2.17. The summed E-state index contributed by atoms with van der Waals surface area (Å²) in [5.41, 5.74) is 0.941. The summed E-state index contributed by atoms with van der Waals surface area (Å²) in [5.74, 6) is -0.874. The normalized spacial score (nSPS) is 12.5. The summed E-state index contributed by atoms with van der Waals surface area (Å²) in [4.78, 5) is 12.0.